The van der Waals surface area contributed by atoms with Gasteiger partial charge in [-0.2, -0.15) is 0 Å². The van der Waals surface area contributed by atoms with E-state index in [2.05, 4.69) is 44.9 Å². The number of ether oxygens (including phenoxy) is 1. The summed E-state index contributed by atoms with van der Waals surface area (Å²) >= 11 is 3.33. The van der Waals surface area contributed by atoms with Crippen LogP contribution in [0.15, 0.2) is 42.5 Å². The fourth-order valence-corrected chi connectivity index (χ4v) is 2.34. The summed E-state index contributed by atoms with van der Waals surface area (Å²) in [7, 11) is 1.40. The molecule has 0 N–H and O–H groups in total. The molecule has 0 saturated carbocycles. The van der Waals surface area contributed by atoms with Crippen LogP contribution in [0.3, 0.4) is 0 Å². The predicted octanol–water partition coefficient (Wildman–Crippen LogP) is 3.32. The van der Waals surface area contributed by atoms with Crippen molar-refractivity contribution in [3.8, 4) is 0 Å². The first-order valence-corrected chi connectivity index (χ1v) is 6.32. The minimum atomic E-state index is -0.284. The van der Waals surface area contributed by atoms with E-state index in [1.165, 1.54) is 17.9 Å². The van der Waals surface area contributed by atoms with Crippen molar-refractivity contribution in [2.45, 2.75) is 11.2 Å². The van der Waals surface area contributed by atoms with Crippen molar-refractivity contribution < 1.29 is 9.53 Å². The maximum absolute atomic E-state index is 11.3. The van der Waals surface area contributed by atoms with E-state index >= 15 is 0 Å². The Balaban J connectivity index is 2.22. The summed E-state index contributed by atoms with van der Waals surface area (Å²) in [6, 6.07) is 14.4. The average Bonchev–Trinajstić information content (AvgIpc) is 2.37. The lowest BCUT2D eigenvalue weighted by Crippen LogP contribution is -2.17. The quantitative estimate of drug-likeness (QED) is 0.641. The topological polar surface area (TPSA) is 26.3 Å². The molecule has 0 bridgehead atoms. The minimum Gasteiger partial charge on any atom is -0.468 e. The summed E-state index contributed by atoms with van der Waals surface area (Å²) in [6.07, 6.45) is 0.636. The number of carbonyl (C=O) groups is 1. The Kier molecular flexibility index (Phi) is 3.79. The standard InChI is InChI=1S/C14H13BrO2/c1-17-14(16)13(15)9-10-6-7-11-4-2-3-5-12(11)8-10/h2-8,13H,9H2,1H3/t13-/m1/s1. The molecule has 0 radical (unpaired) electrons. The molecule has 0 unspecified atom stereocenters. The average molecular weight is 293 g/mol. The van der Waals surface area contributed by atoms with Crippen LogP contribution in [-0.2, 0) is 16.0 Å². The van der Waals surface area contributed by atoms with Crippen LogP contribution in [0.5, 0.6) is 0 Å². The fraction of sp³-hybridized carbons (Fsp3) is 0.214. The van der Waals surface area contributed by atoms with E-state index < -0.39 is 0 Å². The van der Waals surface area contributed by atoms with E-state index in [-0.39, 0.29) is 10.8 Å². The molecular weight excluding hydrogens is 280 g/mol. The van der Waals surface area contributed by atoms with Crippen molar-refractivity contribution >= 4 is 32.7 Å². The van der Waals surface area contributed by atoms with Crippen molar-refractivity contribution in [3.05, 3.63) is 48.0 Å². The van der Waals surface area contributed by atoms with Gasteiger partial charge >= 0.3 is 5.97 Å². The Labute approximate surface area is 109 Å². The molecule has 0 aromatic heterocycles. The smallest absolute Gasteiger partial charge is 0.319 e. The highest BCUT2D eigenvalue weighted by molar-refractivity contribution is 9.10. The van der Waals surface area contributed by atoms with Crippen molar-refractivity contribution in [1.82, 2.24) is 0 Å². The van der Waals surface area contributed by atoms with E-state index in [9.17, 15) is 4.79 Å². The van der Waals surface area contributed by atoms with Gasteiger partial charge in [0.15, 0.2) is 0 Å². The summed E-state index contributed by atoms with van der Waals surface area (Å²) in [5.41, 5.74) is 1.12. The van der Waals surface area contributed by atoms with Gasteiger partial charge in [0, 0.05) is 0 Å². The highest BCUT2D eigenvalue weighted by Gasteiger charge is 2.15. The lowest BCUT2D eigenvalue weighted by molar-refractivity contribution is -0.139. The molecule has 0 aliphatic heterocycles. The van der Waals surface area contributed by atoms with Gasteiger partial charge in [0.05, 0.1) is 7.11 Å². The van der Waals surface area contributed by atoms with Gasteiger partial charge in [0.1, 0.15) is 4.83 Å². The summed E-state index contributed by atoms with van der Waals surface area (Å²) in [5.74, 6) is -0.238. The van der Waals surface area contributed by atoms with E-state index in [1.807, 2.05) is 18.2 Å². The number of rotatable bonds is 3. The second-order valence-corrected chi connectivity index (χ2v) is 4.98. The zero-order chi connectivity index (χ0) is 12.3. The highest BCUT2D eigenvalue weighted by atomic mass is 79.9. The third-order valence-electron chi connectivity index (χ3n) is 2.69. The number of hydrogen-bond donors (Lipinski definition) is 0. The van der Waals surface area contributed by atoms with Gasteiger partial charge in [0.2, 0.25) is 0 Å². The van der Waals surface area contributed by atoms with Crippen LogP contribution in [0.25, 0.3) is 10.8 Å². The van der Waals surface area contributed by atoms with Crippen molar-refractivity contribution in [1.29, 1.82) is 0 Å². The molecule has 0 heterocycles. The molecule has 0 spiro atoms. The first kappa shape index (κ1) is 12.1. The van der Waals surface area contributed by atoms with Gasteiger partial charge in [-0.05, 0) is 22.8 Å². The normalized spacial score (nSPS) is 12.4. The molecule has 0 fully saturated rings. The number of alkyl halides is 1. The van der Waals surface area contributed by atoms with E-state index in [0.29, 0.717) is 6.42 Å². The number of halogens is 1. The van der Waals surface area contributed by atoms with E-state index in [1.54, 1.807) is 0 Å². The van der Waals surface area contributed by atoms with Crippen LogP contribution in [0.2, 0.25) is 0 Å². The number of benzene rings is 2. The molecule has 0 aliphatic carbocycles. The molecule has 2 aromatic rings. The number of esters is 1. The SMILES string of the molecule is COC(=O)[C@H](Br)Cc1ccc2ccccc2c1. The Morgan fingerprint density at radius 2 is 1.94 bits per heavy atom. The molecule has 17 heavy (non-hydrogen) atoms. The van der Waals surface area contributed by atoms with Crippen molar-refractivity contribution in [2.75, 3.05) is 7.11 Å². The van der Waals surface area contributed by atoms with Crippen LogP contribution in [0, 0.1) is 0 Å². The molecule has 3 heteroatoms. The second kappa shape index (κ2) is 5.32. The van der Waals surface area contributed by atoms with Gasteiger partial charge in [0.25, 0.3) is 0 Å². The van der Waals surface area contributed by atoms with Crippen LogP contribution < -0.4 is 0 Å². The number of carbonyl (C=O) groups excluding carboxylic acids is 1. The third-order valence-corrected chi connectivity index (χ3v) is 3.38. The summed E-state index contributed by atoms with van der Waals surface area (Å²) in [4.78, 5) is 11.0. The first-order valence-electron chi connectivity index (χ1n) is 5.40. The molecule has 2 aromatic carbocycles. The summed E-state index contributed by atoms with van der Waals surface area (Å²) in [6.45, 7) is 0. The van der Waals surface area contributed by atoms with Crippen LogP contribution >= 0.6 is 15.9 Å². The monoisotopic (exact) mass is 292 g/mol. The van der Waals surface area contributed by atoms with Gasteiger partial charge in [-0.3, -0.25) is 4.79 Å². The van der Waals surface area contributed by atoms with Crippen LogP contribution in [0.1, 0.15) is 5.56 Å². The molecule has 0 saturated heterocycles. The van der Waals surface area contributed by atoms with E-state index in [0.717, 1.165) is 5.56 Å². The lowest BCUT2D eigenvalue weighted by atomic mass is 10.0. The Hall–Kier alpha value is -1.35. The maximum atomic E-state index is 11.3. The van der Waals surface area contributed by atoms with Gasteiger partial charge in [-0.1, -0.05) is 58.4 Å². The summed E-state index contributed by atoms with van der Waals surface area (Å²) in [5, 5.41) is 2.40. The third kappa shape index (κ3) is 2.86. The predicted molar refractivity (Wildman–Crippen MR) is 72.4 cm³/mol. The highest BCUT2D eigenvalue weighted by Crippen LogP contribution is 2.18. The second-order valence-electron chi connectivity index (χ2n) is 3.88. The summed E-state index contributed by atoms with van der Waals surface area (Å²) < 4.78 is 4.69. The number of methoxy groups -OCH3 is 1. The maximum Gasteiger partial charge on any atom is 0.319 e. The molecule has 2 rings (SSSR count). The fourth-order valence-electron chi connectivity index (χ4n) is 1.78. The largest absolute Gasteiger partial charge is 0.468 e. The number of hydrogen-bond acceptors (Lipinski definition) is 2. The molecule has 0 aliphatic rings. The van der Waals surface area contributed by atoms with E-state index in [4.69, 9.17) is 0 Å². The van der Waals surface area contributed by atoms with Gasteiger partial charge in [-0.25, -0.2) is 0 Å². The molecule has 0 amide bonds. The van der Waals surface area contributed by atoms with Crippen LogP contribution in [-0.4, -0.2) is 17.9 Å². The number of fused-ring (bicyclic) bond motifs is 1. The molecule has 2 nitrogen and oxygen atoms in total. The lowest BCUT2D eigenvalue weighted by Gasteiger charge is -2.08. The first-order chi connectivity index (χ1) is 8.20. The van der Waals surface area contributed by atoms with Gasteiger partial charge < -0.3 is 4.74 Å². The Bertz CT molecular complexity index is 536. The van der Waals surface area contributed by atoms with Crippen molar-refractivity contribution in [3.63, 3.8) is 0 Å². The Morgan fingerprint density at radius 3 is 2.65 bits per heavy atom. The van der Waals surface area contributed by atoms with Gasteiger partial charge in [-0.15, -0.1) is 0 Å². The molecule has 88 valence electrons. The minimum absolute atomic E-state index is 0.238. The van der Waals surface area contributed by atoms with Crippen LogP contribution in [0.4, 0.5) is 0 Å². The molecular formula is C14H13BrO2. The van der Waals surface area contributed by atoms with Crippen molar-refractivity contribution in [2.24, 2.45) is 0 Å². The Morgan fingerprint density at radius 1 is 1.24 bits per heavy atom. The zero-order valence-corrected chi connectivity index (χ0v) is 11.1. The molecule has 1 atom stereocenters. The zero-order valence-electron chi connectivity index (χ0n) is 9.52.